The minimum Gasteiger partial charge on any atom is -0.486 e. The van der Waals surface area contributed by atoms with E-state index in [1.54, 1.807) is 25.2 Å². The zero-order valence-electron chi connectivity index (χ0n) is 14.3. The van der Waals surface area contributed by atoms with Gasteiger partial charge in [-0.05, 0) is 38.3 Å². The molecule has 2 unspecified atom stereocenters. The molecule has 7 heteroatoms. The van der Waals surface area contributed by atoms with Crippen molar-refractivity contribution in [3.63, 3.8) is 0 Å². The van der Waals surface area contributed by atoms with Gasteiger partial charge in [-0.2, -0.15) is 0 Å². The highest BCUT2D eigenvalue weighted by Gasteiger charge is 2.15. The van der Waals surface area contributed by atoms with E-state index in [-0.39, 0.29) is 41.6 Å². The standard InChI is InChI=1S/C17H26FN3O2.HI/c1-13(23-16-8-4-3-7-15(16)18)12-21-17(19-2)20-10-9-14-6-5-11-22-14;/h3-4,7-8,13-14H,5-6,9-12H2,1-2H3,(H2,19,20,21);1H. The summed E-state index contributed by atoms with van der Waals surface area (Å²) in [6.07, 6.45) is 3.46. The summed E-state index contributed by atoms with van der Waals surface area (Å²) in [6.45, 7) is 4.11. The number of guanidine groups is 1. The number of rotatable bonds is 7. The summed E-state index contributed by atoms with van der Waals surface area (Å²) in [7, 11) is 1.73. The SMILES string of the molecule is CN=C(NCCC1CCCO1)NCC(C)Oc1ccccc1F.I. The van der Waals surface area contributed by atoms with E-state index in [1.807, 2.05) is 6.92 Å². The topological polar surface area (TPSA) is 54.9 Å². The van der Waals surface area contributed by atoms with E-state index in [2.05, 4.69) is 15.6 Å². The second-order valence-electron chi connectivity index (χ2n) is 5.66. The van der Waals surface area contributed by atoms with Gasteiger partial charge in [-0.25, -0.2) is 4.39 Å². The number of hydrogen-bond acceptors (Lipinski definition) is 3. The van der Waals surface area contributed by atoms with Crippen LogP contribution in [0.4, 0.5) is 4.39 Å². The molecule has 1 saturated heterocycles. The summed E-state index contributed by atoms with van der Waals surface area (Å²) in [6, 6.07) is 6.41. The Hall–Kier alpha value is -1.09. The van der Waals surface area contributed by atoms with Crippen molar-refractivity contribution in [2.45, 2.75) is 38.4 Å². The molecule has 1 aromatic rings. The molecule has 2 atom stereocenters. The molecule has 0 bridgehead atoms. The Kier molecular flexibility index (Phi) is 10.0. The lowest BCUT2D eigenvalue weighted by molar-refractivity contribution is 0.105. The molecule has 0 aliphatic carbocycles. The molecule has 2 rings (SSSR count). The molecular weight excluding hydrogens is 424 g/mol. The van der Waals surface area contributed by atoms with Crippen molar-refractivity contribution in [3.05, 3.63) is 30.1 Å². The maximum atomic E-state index is 13.5. The molecule has 24 heavy (non-hydrogen) atoms. The fourth-order valence-corrected chi connectivity index (χ4v) is 2.48. The summed E-state index contributed by atoms with van der Waals surface area (Å²) in [4.78, 5) is 4.17. The van der Waals surface area contributed by atoms with E-state index in [0.29, 0.717) is 18.6 Å². The number of benzene rings is 1. The van der Waals surface area contributed by atoms with Crippen molar-refractivity contribution in [1.29, 1.82) is 0 Å². The van der Waals surface area contributed by atoms with E-state index < -0.39 is 0 Å². The number of nitrogens with zero attached hydrogens (tertiary/aromatic N) is 1. The van der Waals surface area contributed by atoms with Crippen LogP contribution in [0.2, 0.25) is 0 Å². The Balaban J connectivity index is 0.00000288. The van der Waals surface area contributed by atoms with Gasteiger partial charge in [0.1, 0.15) is 6.10 Å². The normalized spacial score (nSPS) is 18.6. The number of ether oxygens (including phenoxy) is 2. The average Bonchev–Trinajstić information content (AvgIpc) is 3.06. The van der Waals surface area contributed by atoms with Crippen LogP contribution in [0.25, 0.3) is 0 Å². The first-order valence-electron chi connectivity index (χ1n) is 8.16. The molecule has 136 valence electrons. The van der Waals surface area contributed by atoms with E-state index in [4.69, 9.17) is 9.47 Å². The van der Waals surface area contributed by atoms with Gasteiger partial charge in [0.15, 0.2) is 17.5 Å². The minimum absolute atomic E-state index is 0. The van der Waals surface area contributed by atoms with Crippen molar-refractivity contribution < 1.29 is 13.9 Å². The highest BCUT2D eigenvalue weighted by atomic mass is 127. The number of para-hydroxylation sites is 1. The van der Waals surface area contributed by atoms with E-state index >= 15 is 0 Å². The smallest absolute Gasteiger partial charge is 0.191 e. The fraction of sp³-hybridized carbons (Fsp3) is 0.588. The van der Waals surface area contributed by atoms with Crippen molar-refractivity contribution in [2.75, 3.05) is 26.7 Å². The molecule has 1 aliphatic rings. The molecule has 1 aromatic carbocycles. The quantitative estimate of drug-likeness (QED) is 0.381. The number of halogens is 2. The van der Waals surface area contributed by atoms with Crippen molar-refractivity contribution in [3.8, 4) is 5.75 Å². The van der Waals surface area contributed by atoms with Crippen LogP contribution in [0.5, 0.6) is 5.75 Å². The van der Waals surface area contributed by atoms with Crippen LogP contribution in [0.15, 0.2) is 29.3 Å². The van der Waals surface area contributed by atoms with Crippen LogP contribution in [-0.4, -0.2) is 44.9 Å². The monoisotopic (exact) mass is 451 g/mol. The molecule has 0 radical (unpaired) electrons. The largest absolute Gasteiger partial charge is 0.486 e. The molecule has 1 heterocycles. The Labute approximate surface area is 160 Å². The highest BCUT2D eigenvalue weighted by Crippen LogP contribution is 2.16. The lowest BCUT2D eigenvalue weighted by Gasteiger charge is -2.18. The van der Waals surface area contributed by atoms with Gasteiger partial charge < -0.3 is 20.1 Å². The van der Waals surface area contributed by atoms with E-state index in [1.165, 1.54) is 6.07 Å². The fourth-order valence-electron chi connectivity index (χ4n) is 2.48. The lowest BCUT2D eigenvalue weighted by Crippen LogP contribution is -2.42. The predicted octanol–water partition coefficient (Wildman–Crippen LogP) is 2.95. The summed E-state index contributed by atoms with van der Waals surface area (Å²) in [5.41, 5.74) is 0. The molecular formula is C17H27FIN3O2. The second-order valence-corrected chi connectivity index (χ2v) is 5.66. The second kappa shape index (κ2) is 11.5. The van der Waals surface area contributed by atoms with Gasteiger partial charge in [0.2, 0.25) is 0 Å². The van der Waals surface area contributed by atoms with Crippen molar-refractivity contribution in [1.82, 2.24) is 10.6 Å². The van der Waals surface area contributed by atoms with Gasteiger partial charge in [-0.3, -0.25) is 4.99 Å². The Morgan fingerprint density at radius 2 is 2.21 bits per heavy atom. The van der Waals surface area contributed by atoms with Crippen LogP contribution in [0.1, 0.15) is 26.2 Å². The highest BCUT2D eigenvalue weighted by molar-refractivity contribution is 14.0. The van der Waals surface area contributed by atoms with E-state index in [9.17, 15) is 4.39 Å². The van der Waals surface area contributed by atoms with Gasteiger partial charge in [0.25, 0.3) is 0 Å². The average molecular weight is 451 g/mol. The van der Waals surface area contributed by atoms with Crippen molar-refractivity contribution >= 4 is 29.9 Å². The third-order valence-corrected chi connectivity index (χ3v) is 3.73. The Bertz CT molecular complexity index is 510. The molecule has 0 spiro atoms. The molecule has 1 aliphatic heterocycles. The van der Waals surface area contributed by atoms with Crippen LogP contribution in [0.3, 0.4) is 0 Å². The molecule has 1 fully saturated rings. The number of aliphatic imine (C=N–C) groups is 1. The first-order chi connectivity index (χ1) is 11.2. The lowest BCUT2D eigenvalue weighted by atomic mass is 10.2. The summed E-state index contributed by atoms with van der Waals surface area (Å²) in [5, 5.41) is 6.44. The van der Waals surface area contributed by atoms with Gasteiger partial charge >= 0.3 is 0 Å². The minimum atomic E-state index is -0.349. The number of hydrogen-bond donors (Lipinski definition) is 2. The molecule has 5 nitrogen and oxygen atoms in total. The van der Waals surface area contributed by atoms with Crippen LogP contribution < -0.4 is 15.4 Å². The third kappa shape index (κ3) is 7.21. The van der Waals surface area contributed by atoms with Crippen LogP contribution >= 0.6 is 24.0 Å². The Morgan fingerprint density at radius 3 is 2.88 bits per heavy atom. The molecule has 0 aromatic heterocycles. The van der Waals surface area contributed by atoms with Crippen LogP contribution in [-0.2, 0) is 4.74 Å². The zero-order chi connectivity index (χ0) is 16.5. The third-order valence-electron chi connectivity index (χ3n) is 3.73. The summed E-state index contributed by atoms with van der Waals surface area (Å²) in [5.74, 6) is 0.633. The Morgan fingerprint density at radius 1 is 1.42 bits per heavy atom. The van der Waals surface area contributed by atoms with Gasteiger partial charge in [-0.15, -0.1) is 24.0 Å². The predicted molar refractivity (Wildman–Crippen MR) is 105 cm³/mol. The number of nitrogens with one attached hydrogen (secondary N) is 2. The van der Waals surface area contributed by atoms with Crippen LogP contribution in [0, 0.1) is 5.82 Å². The molecule has 0 amide bonds. The van der Waals surface area contributed by atoms with Gasteiger partial charge in [0, 0.05) is 20.2 Å². The maximum Gasteiger partial charge on any atom is 0.191 e. The first-order valence-corrected chi connectivity index (χ1v) is 8.16. The van der Waals surface area contributed by atoms with E-state index in [0.717, 1.165) is 32.4 Å². The zero-order valence-corrected chi connectivity index (χ0v) is 16.6. The molecule has 0 saturated carbocycles. The summed E-state index contributed by atoms with van der Waals surface area (Å²) < 4.78 is 24.7. The van der Waals surface area contributed by atoms with Gasteiger partial charge in [0.05, 0.1) is 12.6 Å². The maximum absolute atomic E-state index is 13.5. The first kappa shape index (κ1) is 21.0. The summed E-state index contributed by atoms with van der Waals surface area (Å²) >= 11 is 0. The van der Waals surface area contributed by atoms with Gasteiger partial charge in [-0.1, -0.05) is 12.1 Å². The molecule has 2 N–H and O–H groups in total. The van der Waals surface area contributed by atoms with Crippen molar-refractivity contribution in [2.24, 2.45) is 4.99 Å².